The highest BCUT2D eigenvalue weighted by molar-refractivity contribution is 5.87. The smallest absolute Gasteiger partial charge is 0.276 e. The van der Waals surface area contributed by atoms with Crippen molar-refractivity contribution in [1.82, 2.24) is 15.0 Å². The van der Waals surface area contributed by atoms with Gasteiger partial charge >= 0.3 is 0 Å². The maximum absolute atomic E-state index is 12.2. The Balaban J connectivity index is 2.32. The molecule has 0 spiro atoms. The van der Waals surface area contributed by atoms with Gasteiger partial charge in [0.25, 0.3) is 5.56 Å². The first kappa shape index (κ1) is 17.5. The predicted molar refractivity (Wildman–Crippen MR) is 107 cm³/mol. The van der Waals surface area contributed by atoms with E-state index in [0.29, 0.717) is 29.0 Å². The highest BCUT2D eigenvalue weighted by Crippen LogP contribution is 2.28. The number of fused-ring (bicyclic) bond motifs is 1. The maximum atomic E-state index is 12.2. The third kappa shape index (κ3) is 3.53. The molecule has 2 aromatic heterocycles. The number of aromatic nitrogens is 3. The van der Waals surface area contributed by atoms with Gasteiger partial charge in [0.1, 0.15) is 0 Å². The number of benzene rings is 1. The standard InChI is InChI=1S/C21H20N4O/c1-3-15(10-9-14(2)13-22)18-19(16-7-5-4-6-8-16)25-20-17(24-18)11-12-23-21(20)26/h3-12H,1,13,22H2,2H3,(H,23,26)/b14-9+,15-10+. The van der Waals surface area contributed by atoms with Crippen molar-refractivity contribution in [1.29, 1.82) is 0 Å². The average molecular weight is 344 g/mol. The molecule has 3 rings (SSSR count). The van der Waals surface area contributed by atoms with E-state index in [-0.39, 0.29) is 5.56 Å². The zero-order valence-corrected chi connectivity index (χ0v) is 14.6. The molecular formula is C21H20N4O. The van der Waals surface area contributed by atoms with Gasteiger partial charge in [-0.2, -0.15) is 0 Å². The maximum Gasteiger partial charge on any atom is 0.276 e. The molecule has 0 bridgehead atoms. The van der Waals surface area contributed by atoms with E-state index in [1.54, 1.807) is 18.3 Å². The minimum atomic E-state index is -0.262. The molecular weight excluding hydrogens is 324 g/mol. The molecule has 0 fully saturated rings. The lowest BCUT2D eigenvalue weighted by Gasteiger charge is -2.10. The van der Waals surface area contributed by atoms with E-state index in [2.05, 4.69) is 16.5 Å². The van der Waals surface area contributed by atoms with Gasteiger partial charge in [-0.25, -0.2) is 9.97 Å². The summed E-state index contributed by atoms with van der Waals surface area (Å²) in [6, 6.07) is 11.4. The van der Waals surface area contributed by atoms with Crippen LogP contribution in [0.3, 0.4) is 0 Å². The molecule has 3 aromatic rings. The second-order valence-corrected chi connectivity index (χ2v) is 5.87. The molecule has 0 unspecified atom stereocenters. The van der Waals surface area contributed by atoms with Gasteiger partial charge in [0.05, 0.1) is 16.9 Å². The number of allylic oxidation sites excluding steroid dienone is 4. The number of nitrogens with two attached hydrogens (primary N) is 1. The van der Waals surface area contributed by atoms with Crippen LogP contribution < -0.4 is 11.3 Å². The second-order valence-electron chi connectivity index (χ2n) is 5.87. The molecule has 0 aliphatic rings. The van der Waals surface area contributed by atoms with Crippen LogP contribution in [0.1, 0.15) is 12.6 Å². The fourth-order valence-corrected chi connectivity index (χ4v) is 2.54. The Morgan fingerprint density at radius 3 is 2.65 bits per heavy atom. The van der Waals surface area contributed by atoms with Gasteiger partial charge in [-0.05, 0) is 13.0 Å². The fraction of sp³-hybridized carbons (Fsp3) is 0.0952. The van der Waals surface area contributed by atoms with Crippen LogP contribution >= 0.6 is 0 Å². The zero-order chi connectivity index (χ0) is 18.5. The Labute approximate surface area is 151 Å². The summed E-state index contributed by atoms with van der Waals surface area (Å²) in [5.41, 5.74) is 10.3. The first-order valence-electron chi connectivity index (χ1n) is 8.29. The number of pyridine rings is 1. The summed E-state index contributed by atoms with van der Waals surface area (Å²) < 4.78 is 0. The number of rotatable bonds is 5. The van der Waals surface area contributed by atoms with Crippen molar-refractivity contribution in [2.45, 2.75) is 6.92 Å². The normalized spacial score (nSPS) is 12.4. The molecule has 5 nitrogen and oxygen atoms in total. The quantitative estimate of drug-likeness (QED) is 0.694. The summed E-state index contributed by atoms with van der Waals surface area (Å²) in [7, 11) is 0. The monoisotopic (exact) mass is 344 g/mol. The van der Waals surface area contributed by atoms with Crippen LogP contribution in [0.2, 0.25) is 0 Å². The van der Waals surface area contributed by atoms with Crippen LogP contribution in [0.15, 0.2) is 77.8 Å². The third-order valence-electron chi connectivity index (χ3n) is 4.00. The second kappa shape index (κ2) is 7.72. The lowest BCUT2D eigenvalue weighted by Crippen LogP contribution is -2.09. The van der Waals surface area contributed by atoms with E-state index in [0.717, 1.165) is 16.7 Å². The lowest BCUT2D eigenvalue weighted by atomic mass is 10.0. The molecule has 5 heteroatoms. The molecule has 3 N–H and O–H groups in total. The minimum Gasteiger partial charge on any atom is -0.327 e. The SMILES string of the molecule is C=C/C(=C\C=C(/C)CN)c1nc2cc[nH]c(=O)c2nc1-c1ccccc1. The number of nitrogens with zero attached hydrogens (tertiary/aromatic N) is 2. The number of hydrogen-bond acceptors (Lipinski definition) is 4. The third-order valence-corrected chi connectivity index (χ3v) is 4.00. The number of aromatic amines is 1. The Bertz CT molecular complexity index is 1060. The summed E-state index contributed by atoms with van der Waals surface area (Å²) in [6.45, 7) is 6.35. The Morgan fingerprint density at radius 2 is 1.96 bits per heavy atom. The van der Waals surface area contributed by atoms with Crippen LogP contribution in [0, 0.1) is 0 Å². The van der Waals surface area contributed by atoms with Gasteiger partial charge < -0.3 is 10.7 Å². The van der Waals surface area contributed by atoms with Crippen molar-refractivity contribution in [2.75, 3.05) is 6.54 Å². The van der Waals surface area contributed by atoms with E-state index < -0.39 is 0 Å². The van der Waals surface area contributed by atoms with Crippen LogP contribution in [0.25, 0.3) is 27.9 Å². The van der Waals surface area contributed by atoms with E-state index in [1.165, 1.54) is 0 Å². The summed E-state index contributed by atoms with van der Waals surface area (Å²) in [5.74, 6) is 0. The molecule has 0 saturated heterocycles. The Morgan fingerprint density at radius 1 is 1.19 bits per heavy atom. The van der Waals surface area contributed by atoms with Gasteiger partial charge in [-0.1, -0.05) is 60.7 Å². The van der Waals surface area contributed by atoms with E-state index in [4.69, 9.17) is 10.7 Å². The molecule has 0 aliphatic heterocycles. The van der Waals surface area contributed by atoms with Crippen molar-refractivity contribution in [3.8, 4) is 11.3 Å². The first-order valence-corrected chi connectivity index (χ1v) is 8.29. The van der Waals surface area contributed by atoms with Gasteiger partial charge in [0.15, 0.2) is 5.52 Å². The highest BCUT2D eigenvalue weighted by atomic mass is 16.1. The van der Waals surface area contributed by atoms with Crippen molar-refractivity contribution in [3.63, 3.8) is 0 Å². The zero-order valence-electron chi connectivity index (χ0n) is 14.6. The molecule has 2 heterocycles. The van der Waals surface area contributed by atoms with Crippen molar-refractivity contribution >= 4 is 16.6 Å². The van der Waals surface area contributed by atoms with E-state index in [9.17, 15) is 4.79 Å². The largest absolute Gasteiger partial charge is 0.327 e. The number of hydrogen-bond donors (Lipinski definition) is 2. The Kier molecular flexibility index (Phi) is 5.20. The molecule has 0 aliphatic carbocycles. The minimum absolute atomic E-state index is 0.262. The van der Waals surface area contributed by atoms with Gasteiger partial charge in [-0.3, -0.25) is 4.79 Å². The van der Waals surface area contributed by atoms with Gasteiger partial charge in [-0.15, -0.1) is 0 Å². The van der Waals surface area contributed by atoms with Gasteiger partial charge in [0, 0.05) is 23.9 Å². The van der Waals surface area contributed by atoms with E-state index in [1.807, 2.05) is 49.4 Å². The molecule has 130 valence electrons. The molecule has 0 saturated carbocycles. The van der Waals surface area contributed by atoms with Crippen molar-refractivity contribution < 1.29 is 0 Å². The molecule has 0 atom stereocenters. The molecule has 26 heavy (non-hydrogen) atoms. The van der Waals surface area contributed by atoms with Gasteiger partial charge in [0.2, 0.25) is 0 Å². The summed E-state index contributed by atoms with van der Waals surface area (Å²) in [6.07, 6.45) is 7.16. The number of nitrogens with one attached hydrogen (secondary N) is 1. The predicted octanol–water partition coefficient (Wildman–Crippen LogP) is 3.46. The Hall–Kier alpha value is -3.31. The van der Waals surface area contributed by atoms with Crippen LogP contribution in [-0.4, -0.2) is 21.5 Å². The summed E-state index contributed by atoms with van der Waals surface area (Å²) >= 11 is 0. The molecule has 0 amide bonds. The fourth-order valence-electron chi connectivity index (χ4n) is 2.54. The average Bonchev–Trinajstić information content (AvgIpc) is 2.68. The summed E-state index contributed by atoms with van der Waals surface area (Å²) in [4.78, 5) is 24.1. The molecule has 0 radical (unpaired) electrons. The topological polar surface area (TPSA) is 84.7 Å². The van der Waals surface area contributed by atoms with Crippen LogP contribution in [0.4, 0.5) is 0 Å². The first-order chi connectivity index (χ1) is 12.6. The highest BCUT2D eigenvalue weighted by Gasteiger charge is 2.14. The van der Waals surface area contributed by atoms with Crippen LogP contribution in [0.5, 0.6) is 0 Å². The number of H-pyrrole nitrogens is 1. The van der Waals surface area contributed by atoms with Crippen molar-refractivity contribution in [3.05, 3.63) is 89.0 Å². The lowest BCUT2D eigenvalue weighted by molar-refractivity contribution is 1.14. The molecule has 1 aromatic carbocycles. The van der Waals surface area contributed by atoms with E-state index >= 15 is 0 Å². The van der Waals surface area contributed by atoms with Crippen LogP contribution in [-0.2, 0) is 0 Å². The summed E-state index contributed by atoms with van der Waals surface area (Å²) in [5, 5.41) is 0. The van der Waals surface area contributed by atoms with Crippen molar-refractivity contribution in [2.24, 2.45) is 5.73 Å².